The van der Waals surface area contributed by atoms with E-state index in [0.717, 1.165) is 28.8 Å². The Kier molecular flexibility index (Phi) is 7.06. The molecule has 158 valence electrons. The number of esters is 1. The van der Waals surface area contributed by atoms with E-state index >= 15 is 0 Å². The Morgan fingerprint density at radius 3 is 2.60 bits per heavy atom. The van der Waals surface area contributed by atoms with Crippen molar-refractivity contribution in [3.8, 4) is 0 Å². The Labute approximate surface area is 176 Å². The fourth-order valence-corrected chi connectivity index (χ4v) is 3.61. The summed E-state index contributed by atoms with van der Waals surface area (Å²) in [6, 6.07) is 14.4. The number of urea groups is 1. The second-order valence-electron chi connectivity index (χ2n) is 7.18. The molecule has 3 rings (SSSR count). The summed E-state index contributed by atoms with van der Waals surface area (Å²) in [7, 11) is 0. The molecule has 0 spiro atoms. The number of anilines is 1. The van der Waals surface area contributed by atoms with Crippen molar-refractivity contribution in [1.29, 1.82) is 0 Å². The van der Waals surface area contributed by atoms with E-state index in [2.05, 4.69) is 10.6 Å². The third kappa shape index (κ3) is 5.37. The average Bonchev–Trinajstić information content (AvgIpc) is 3.16. The zero-order valence-electron chi connectivity index (χ0n) is 17.3. The van der Waals surface area contributed by atoms with Crippen LogP contribution < -0.4 is 15.5 Å². The van der Waals surface area contributed by atoms with Gasteiger partial charge >= 0.3 is 12.0 Å². The van der Waals surface area contributed by atoms with Crippen molar-refractivity contribution in [1.82, 2.24) is 10.6 Å². The van der Waals surface area contributed by atoms with E-state index in [1.165, 1.54) is 0 Å². The number of benzene rings is 2. The van der Waals surface area contributed by atoms with Gasteiger partial charge in [-0.25, -0.2) is 4.79 Å². The Hall–Kier alpha value is -3.35. The molecular formula is C23H27N3O4. The summed E-state index contributed by atoms with van der Waals surface area (Å²) >= 11 is 0. The number of hydrogen-bond donors (Lipinski definition) is 2. The smallest absolute Gasteiger partial charge is 0.315 e. The lowest BCUT2D eigenvalue weighted by molar-refractivity contribution is -0.143. The van der Waals surface area contributed by atoms with Crippen LogP contribution in [0.2, 0.25) is 0 Å². The second kappa shape index (κ2) is 9.91. The van der Waals surface area contributed by atoms with E-state index < -0.39 is 6.04 Å². The van der Waals surface area contributed by atoms with Gasteiger partial charge in [0.1, 0.15) is 0 Å². The summed E-state index contributed by atoms with van der Waals surface area (Å²) in [6.07, 6.45) is 0.871. The maximum absolute atomic E-state index is 12.5. The Bertz CT molecular complexity index is 914. The van der Waals surface area contributed by atoms with Gasteiger partial charge in [0.05, 0.1) is 19.1 Å². The van der Waals surface area contributed by atoms with Crippen molar-refractivity contribution in [3.63, 3.8) is 0 Å². The zero-order valence-corrected chi connectivity index (χ0v) is 17.3. The van der Waals surface area contributed by atoms with Crippen molar-refractivity contribution in [3.05, 3.63) is 65.2 Å². The first-order valence-corrected chi connectivity index (χ1v) is 10.1. The number of rotatable bonds is 7. The first kappa shape index (κ1) is 21.4. The molecule has 0 fully saturated rings. The maximum Gasteiger partial charge on any atom is 0.315 e. The third-order valence-corrected chi connectivity index (χ3v) is 5.06. The minimum absolute atomic E-state index is 0.0348. The van der Waals surface area contributed by atoms with Crippen molar-refractivity contribution in [2.24, 2.45) is 0 Å². The summed E-state index contributed by atoms with van der Waals surface area (Å²) in [6.45, 7) is 4.65. The van der Waals surface area contributed by atoms with Gasteiger partial charge in [0.25, 0.3) is 0 Å². The highest BCUT2D eigenvalue weighted by atomic mass is 16.5. The molecule has 0 radical (unpaired) electrons. The molecule has 1 atom stereocenters. The molecule has 2 aromatic carbocycles. The highest BCUT2D eigenvalue weighted by Crippen LogP contribution is 2.28. The van der Waals surface area contributed by atoms with Crippen LogP contribution in [0.25, 0.3) is 0 Å². The molecule has 30 heavy (non-hydrogen) atoms. The van der Waals surface area contributed by atoms with Crippen LogP contribution in [0.3, 0.4) is 0 Å². The van der Waals surface area contributed by atoms with Crippen LogP contribution in [-0.2, 0) is 27.3 Å². The molecule has 3 amide bonds. The molecule has 1 aliphatic rings. The first-order valence-electron chi connectivity index (χ1n) is 10.1. The van der Waals surface area contributed by atoms with Crippen molar-refractivity contribution < 1.29 is 19.1 Å². The highest BCUT2D eigenvalue weighted by Gasteiger charge is 2.22. The topological polar surface area (TPSA) is 87.7 Å². The fourth-order valence-electron chi connectivity index (χ4n) is 3.61. The van der Waals surface area contributed by atoms with E-state index in [-0.39, 0.29) is 24.3 Å². The van der Waals surface area contributed by atoms with Crippen molar-refractivity contribution in [2.75, 3.05) is 18.1 Å². The number of ether oxygens (including phenoxy) is 1. The molecule has 1 aliphatic heterocycles. The summed E-state index contributed by atoms with van der Waals surface area (Å²) in [4.78, 5) is 37.9. The van der Waals surface area contributed by atoms with E-state index in [0.29, 0.717) is 19.7 Å². The largest absolute Gasteiger partial charge is 0.466 e. The number of nitrogens with zero attached hydrogens (tertiary/aromatic N) is 1. The minimum atomic E-state index is -0.477. The normalized spacial score (nSPS) is 13.3. The predicted octanol–water partition coefficient (Wildman–Crippen LogP) is 3.09. The summed E-state index contributed by atoms with van der Waals surface area (Å²) in [5.41, 5.74) is 3.84. The molecule has 0 saturated heterocycles. The van der Waals surface area contributed by atoms with Gasteiger partial charge in [-0.2, -0.15) is 0 Å². The summed E-state index contributed by atoms with van der Waals surface area (Å²) < 4.78 is 5.03. The lowest BCUT2D eigenvalue weighted by Gasteiger charge is -2.19. The number of carbonyl (C=O) groups is 3. The summed E-state index contributed by atoms with van der Waals surface area (Å²) in [5, 5.41) is 5.71. The quantitative estimate of drug-likeness (QED) is 0.688. The van der Waals surface area contributed by atoms with Crippen LogP contribution >= 0.6 is 0 Å². The van der Waals surface area contributed by atoms with Crippen LogP contribution in [0.5, 0.6) is 0 Å². The molecule has 0 unspecified atom stereocenters. The van der Waals surface area contributed by atoms with Crippen LogP contribution in [0.4, 0.5) is 10.5 Å². The fraction of sp³-hybridized carbons (Fsp3) is 0.348. The van der Waals surface area contributed by atoms with Gasteiger partial charge in [0.15, 0.2) is 0 Å². The number of hydrogen-bond acceptors (Lipinski definition) is 4. The molecule has 2 aromatic rings. The lowest BCUT2D eigenvalue weighted by atomic mass is 10.0. The first-order chi connectivity index (χ1) is 14.5. The van der Waals surface area contributed by atoms with Crippen molar-refractivity contribution in [2.45, 2.75) is 39.3 Å². The van der Waals surface area contributed by atoms with Gasteiger partial charge < -0.3 is 20.3 Å². The minimum Gasteiger partial charge on any atom is -0.466 e. The number of fused-ring (bicyclic) bond motifs is 1. The molecule has 0 aliphatic carbocycles. The zero-order chi connectivity index (χ0) is 21.5. The Balaban J connectivity index is 1.60. The van der Waals surface area contributed by atoms with Gasteiger partial charge in [-0.05, 0) is 36.1 Å². The average molecular weight is 409 g/mol. The Morgan fingerprint density at radius 1 is 1.13 bits per heavy atom. The third-order valence-electron chi connectivity index (χ3n) is 5.06. The van der Waals surface area contributed by atoms with Gasteiger partial charge in [-0.15, -0.1) is 0 Å². The van der Waals surface area contributed by atoms with Gasteiger partial charge in [0, 0.05) is 25.7 Å². The molecule has 0 saturated carbocycles. The van der Waals surface area contributed by atoms with Crippen LogP contribution in [-0.4, -0.2) is 31.1 Å². The molecular weight excluding hydrogens is 382 g/mol. The number of amides is 3. The Morgan fingerprint density at radius 2 is 1.90 bits per heavy atom. The SMILES string of the molecule is CCOC(=O)C[C@@H](NC(=O)NCc1ccc2c(c1)CCN2C(C)=O)c1ccccc1. The highest BCUT2D eigenvalue weighted by molar-refractivity contribution is 5.93. The van der Waals surface area contributed by atoms with E-state index in [9.17, 15) is 14.4 Å². The van der Waals surface area contributed by atoms with E-state index in [4.69, 9.17) is 4.74 Å². The molecule has 1 heterocycles. The second-order valence-corrected chi connectivity index (χ2v) is 7.18. The maximum atomic E-state index is 12.5. The van der Waals surface area contributed by atoms with Gasteiger partial charge in [-0.1, -0.05) is 42.5 Å². The van der Waals surface area contributed by atoms with Crippen LogP contribution in [0.15, 0.2) is 48.5 Å². The molecule has 7 nitrogen and oxygen atoms in total. The molecule has 2 N–H and O–H groups in total. The van der Waals surface area contributed by atoms with E-state index in [1.54, 1.807) is 18.7 Å². The van der Waals surface area contributed by atoms with Crippen LogP contribution in [0.1, 0.15) is 43.0 Å². The standard InChI is InChI=1S/C23H27N3O4/c1-3-30-22(28)14-20(18-7-5-4-6-8-18)25-23(29)24-15-17-9-10-21-19(13-17)11-12-26(21)16(2)27/h4-10,13,20H,3,11-12,14-15H2,1-2H3,(H2,24,25,29)/t20-/m1/s1. The number of nitrogens with one attached hydrogen (secondary N) is 2. The molecule has 7 heteroatoms. The molecule has 0 aromatic heterocycles. The molecule has 0 bridgehead atoms. The predicted molar refractivity (Wildman–Crippen MR) is 114 cm³/mol. The van der Waals surface area contributed by atoms with Gasteiger partial charge in [-0.3, -0.25) is 9.59 Å². The number of carbonyl (C=O) groups excluding carboxylic acids is 3. The van der Waals surface area contributed by atoms with Crippen molar-refractivity contribution >= 4 is 23.6 Å². The van der Waals surface area contributed by atoms with Gasteiger partial charge in [0.2, 0.25) is 5.91 Å². The summed E-state index contributed by atoms with van der Waals surface area (Å²) in [5.74, 6) is -0.326. The van der Waals surface area contributed by atoms with E-state index in [1.807, 2.05) is 48.5 Å². The lowest BCUT2D eigenvalue weighted by Crippen LogP contribution is -2.38. The monoisotopic (exact) mass is 409 g/mol. The van der Waals surface area contributed by atoms with Crippen LogP contribution in [0, 0.1) is 0 Å².